The molecule has 0 aliphatic rings. The minimum Gasteiger partial charge on any atom is -0.368 e. The third-order valence-electron chi connectivity index (χ3n) is 2.90. The number of aromatic nitrogens is 2. The van der Waals surface area contributed by atoms with Crippen molar-refractivity contribution in [3.05, 3.63) is 30.5 Å². The molecule has 0 bridgehead atoms. The zero-order chi connectivity index (χ0) is 12.8. The van der Waals surface area contributed by atoms with Crippen LogP contribution in [-0.4, -0.2) is 42.3 Å². The second-order valence-corrected chi connectivity index (χ2v) is 4.72. The highest BCUT2D eigenvalue weighted by Crippen LogP contribution is 2.18. The minimum atomic E-state index is 0.887. The Labute approximate surface area is 108 Å². The van der Waals surface area contributed by atoms with E-state index in [0.717, 1.165) is 36.1 Å². The monoisotopic (exact) mass is 244 g/mol. The van der Waals surface area contributed by atoms with Gasteiger partial charge in [0.15, 0.2) is 5.82 Å². The zero-order valence-corrected chi connectivity index (χ0v) is 11.1. The summed E-state index contributed by atoms with van der Waals surface area (Å²) in [5.41, 5.74) is 0. The molecule has 0 aliphatic carbocycles. The summed E-state index contributed by atoms with van der Waals surface area (Å²) < 4.78 is 0. The molecule has 0 radical (unpaired) electrons. The van der Waals surface area contributed by atoms with E-state index in [1.165, 1.54) is 6.42 Å². The van der Waals surface area contributed by atoms with Gasteiger partial charge in [0, 0.05) is 17.3 Å². The van der Waals surface area contributed by atoms with Crippen molar-refractivity contribution in [2.45, 2.75) is 12.8 Å². The first kappa shape index (κ1) is 12.8. The Morgan fingerprint density at radius 2 is 2.00 bits per heavy atom. The standard InChI is InChI=1S/C14H20N4/c1-18(2)10-6-5-9-15-14-13-8-4-3-7-12(13)11-16-17-14/h3-4,7-8,11H,5-6,9-10H2,1-2H3,(H,15,17). The van der Waals surface area contributed by atoms with Gasteiger partial charge in [-0.2, -0.15) is 5.10 Å². The fourth-order valence-electron chi connectivity index (χ4n) is 1.92. The average Bonchev–Trinajstić information content (AvgIpc) is 2.38. The molecule has 0 saturated heterocycles. The molecule has 4 heteroatoms. The summed E-state index contributed by atoms with van der Waals surface area (Å²) in [4.78, 5) is 2.21. The van der Waals surface area contributed by atoms with Gasteiger partial charge in [-0.3, -0.25) is 0 Å². The van der Waals surface area contributed by atoms with Gasteiger partial charge in [0.2, 0.25) is 0 Å². The molecule has 2 rings (SSSR count). The van der Waals surface area contributed by atoms with Gasteiger partial charge < -0.3 is 10.2 Å². The van der Waals surface area contributed by atoms with Crippen LogP contribution in [0.3, 0.4) is 0 Å². The molecule has 0 atom stereocenters. The molecule has 0 amide bonds. The SMILES string of the molecule is CN(C)CCCCNc1nncc2ccccc12. The van der Waals surface area contributed by atoms with Crippen LogP contribution in [0.1, 0.15) is 12.8 Å². The maximum atomic E-state index is 4.17. The first-order valence-electron chi connectivity index (χ1n) is 6.36. The van der Waals surface area contributed by atoms with E-state index in [4.69, 9.17) is 0 Å². The largest absolute Gasteiger partial charge is 0.368 e. The van der Waals surface area contributed by atoms with E-state index in [1.807, 2.05) is 12.1 Å². The van der Waals surface area contributed by atoms with Crippen molar-refractivity contribution in [3.63, 3.8) is 0 Å². The van der Waals surface area contributed by atoms with Gasteiger partial charge in [-0.05, 0) is 33.5 Å². The smallest absolute Gasteiger partial charge is 0.156 e. The lowest BCUT2D eigenvalue weighted by Gasteiger charge is -2.10. The van der Waals surface area contributed by atoms with Gasteiger partial charge in [0.1, 0.15) is 0 Å². The Balaban J connectivity index is 1.91. The summed E-state index contributed by atoms with van der Waals surface area (Å²) in [6.45, 7) is 2.07. The van der Waals surface area contributed by atoms with Gasteiger partial charge in [0.25, 0.3) is 0 Å². The normalized spacial score (nSPS) is 11.1. The zero-order valence-electron chi connectivity index (χ0n) is 11.1. The molecule has 2 aromatic rings. The van der Waals surface area contributed by atoms with Crippen molar-refractivity contribution >= 4 is 16.6 Å². The van der Waals surface area contributed by atoms with Crippen molar-refractivity contribution in [3.8, 4) is 0 Å². The van der Waals surface area contributed by atoms with Crippen molar-refractivity contribution < 1.29 is 0 Å². The Hall–Kier alpha value is -1.68. The van der Waals surface area contributed by atoms with E-state index in [0.29, 0.717) is 0 Å². The Bertz CT molecular complexity index is 491. The molecule has 1 heterocycles. The molecule has 4 nitrogen and oxygen atoms in total. The number of benzene rings is 1. The maximum absolute atomic E-state index is 4.17. The van der Waals surface area contributed by atoms with E-state index < -0.39 is 0 Å². The Morgan fingerprint density at radius 1 is 1.17 bits per heavy atom. The van der Waals surface area contributed by atoms with E-state index in [-0.39, 0.29) is 0 Å². The van der Waals surface area contributed by atoms with Gasteiger partial charge in [-0.25, -0.2) is 0 Å². The third-order valence-corrected chi connectivity index (χ3v) is 2.90. The predicted molar refractivity (Wildman–Crippen MR) is 75.8 cm³/mol. The predicted octanol–water partition coefficient (Wildman–Crippen LogP) is 2.38. The van der Waals surface area contributed by atoms with Crippen LogP contribution < -0.4 is 5.32 Å². The van der Waals surface area contributed by atoms with Crippen LogP contribution in [0.25, 0.3) is 10.8 Å². The molecule has 0 fully saturated rings. The Morgan fingerprint density at radius 3 is 2.83 bits per heavy atom. The van der Waals surface area contributed by atoms with Gasteiger partial charge >= 0.3 is 0 Å². The molecule has 0 spiro atoms. The van der Waals surface area contributed by atoms with Crippen molar-refractivity contribution in [2.24, 2.45) is 0 Å². The number of unbranched alkanes of at least 4 members (excludes halogenated alkanes) is 1. The Kier molecular flexibility index (Phi) is 4.47. The highest BCUT2D eigenvalue weighted by Gasteiger charge is 2.01. The quantitative estimate of drug-likeness (QED) is 0.792. The maximum Gasteiger partial charge on any atom is 0.156 e. The summed E-state index contributed by atoms with van der Waals surface area (Å²) in [6.07, 6.45) is 4.13. The van der Waals surface area contributed by atoms with Crippen LogP contribution >= 0.6 is 0 Å². The third kappa shape index (κ3) is 3.40. The van der Waals surface area contributed by atoms with E-state index in [1.54, 1.807) is 6.20 Å². The second-order valence-electron chi connectivity index (χ2n) is 4.72. The lowest BCUT2D eigenvalue weighted by Crippen LogP contribution is -2.14. The summed E-state index contributed by atoms with van der Waals surface area (Å²) >= 11 is 0. The molecular formula is C14H20N4. The van der Waals surface area contributed by atoms with Crippen LogP contribution in [0, 0.1) is 0 Å². The number of rotatable bonds is 6. The van der Waals surface area contributed by atoms with Gasteiger partial charge in [0.05, 0.1) is 6.20 Å². The highest BCUT2D eigenvalue weighted by atomic mass is 15.2. The van der Waals surface area contributed by atoms with E-state index in [2.05, 4.69) is 46.6 Å². The molecule has 1 aromatic carbocycles. The molecule has 18 heavy (non-hydrogen) atoms. The van der Waals surface area contributed by atoms with E-state index >= 15 is 0 Å². The van der Waals surface area contributed by atoms with Crippen molar-refractivity contribution in [2.75, 3.05) is 32.5 Å². The van der Waals surface area contributed by atoms with Crippen LogP contribution in [0.4, 0.5) is 5.82 Å². The lowest BCUT2D eigenvalue weighted by molar-refractivity contribution is 0.396. The average molecular weight is 244 g/mol. The van der Waals surface area contributed by atoms with Crippen LogP contribution in [0.15, 0.2) is 30.5 Å². The number of hydrogen-bond acceptors (Lipinski definition) is 4. The van der Waals surface area contributed by atoms with Crippen LogP contribution in [-0.2, 0) is 0 Å². The summed E-state index contributed by atoms with van der Waals surface area (Å²) in [6, 6.07) is 8.18. The van der Waals surface area contributed by atoms with Gasteiger partial charge in [-0.15, -0.1) is 5.10 Å². The topological polar surface area (TPSA) is 41.0 Å². The molecule has 96 valence electrons. The first-order valence-corrected chi connectivity index (χ1v) is 6.36. The fraction of sp³-hybridized carbons (Fsp3) is 0.429. The number of anilines is 1. The molecule has 0 aliphatic heterocycles. The van der Waals surface area contributed by atoms with Crippen molar-refractivity contribution in [1.29, 1.82) is 0 Å². The van der Waals surface area contributed by atoms with Crippen LogP contribution in [0.2, 0.25) is 0 Å². The molecular weight excluding hydrogens is 224 g/mol. The number of nitrogens with zero attached hydrogens (tertiary/aromatic N) is 3. The van der Waals surface area contributed by atoms with Crippen LogP contribution in [0.5, 0.6) is 0 Å². The number of nitrogens with one attached hydrogen (secondary N) is 1. The number of hydrogen-bond donors (Lipinski definition) is 1. The summed E-state index contributed by atoms with van der Waals surface area (Å²) in [7, 11) is 4.20. The van der Waals surface area contributed by atoms with Gasteiger partial charge in [-0.1, -0.05) is 24.3 Å². The van der Waals surface area contributed by atoms with E-state index in [9.17, 15) is 0 Å². The van der Waals surface area contributed by atoms with Crippen molar-refractivity contribution in [1.82, 2.24) is 15.1 Å². The fourth-order valence-corrected chi connectivity index (χ4v) is 1.92. The summed E-state index contributed by atoms with van der Waals surface area (Å²) in [5.74, 6) is 0.887. The molecule has 1 N–H and O–H groups in total. The number of fused-ring (bicyclic) bond motifs is 1. The minimum absolute atomic E-state index is 0.887. The summed E-state index contributed by atoms with van der Waals surface area (Å²) in [5, 5.41) is 13.8. The first-order chi connectivity index (χ1) is 8.77. The second kappa shape index (κ2) is 6.31. The highest BCUT2D eigenvalue weighted by molar-refractivity contribution is 5.90. The lowest BCUT2D eigenvalue weighted by atomic mass is 10.2. The molecule has 1 aromatic heterocycles. The molecule has 0 unspecified atom stereocenters. The molecule has 0 saturated carbocycles.